The number of anilines is 1. The van der Waals surface area contributed by atoms with Gasteiger partial charge in [0.25, 0.3) is 5.91 Å². The number of halogens is 1. The molecular formula is C17H17BrN2O5. The van der Waals surface area contributed by atoms with Gasteiger partial charge in [-0.25, -0.2) is 4.79 Å². The van der Waals surface area contributed by atoms with Gasteiger partial charge in [-0.05, 0) is 35.9 Å². The van der Waals surface area contributed by atoms with Gasteiger partial charge in [0.15, 0.2) is 6.61 Å². The minimum Gasteiger partial charge on any atom is -0.495 e. The van der Waals surface area contributed by atoms with Gasteiger partial charge in [0.2, 0.25) is 0 Å². The molecule has 0 radical (unpaired) electrons. The SMILES string of the molecule is COc1cc(CO)ccc1NC(=O)NC(=O)COc1cccc(Br)c1. The van der Waals surface area contributed by atoms with Crippen molar-refractivity contribution in [1.82, 2.24) is 5.32 Å². The Bertz CT molecular complexity index is 766. The minimum atomic E-state index is -0.710. The molecule has 0 saturated heterocycles. The van der Waals surface area contributed by atoms with E-state index in [2.05, 4.69) is 26.6 Å². The van der Waals surface area contributed by atoms with Crippen LogP contribution in [-0.2, 0) is 11.4 Å². The third-order valence-electron chi connectivity index (χ3n) is 3.12. The fourth-order valence-electron chi connectivity index (χ4n) is 1.96. The number of rotatable bonds is 6. The molecule has 0 heterocycles. The van der Waals surface area contributed by atoms with Crippen LogP contribution in [0.15, 0.2) is 46.9 Å². The molecule has 0 saturated carbocycles. The molecule has 0 bridgehead atoms. The van der Waals surface area contributed by atoms with E-state index in [9.17, 15) is 9.59 Å². The molecule has 2 aromatic rings. The number of methoxy groups -OCH3 is 1. The van der Waals surface area contributed by atoms with Crippen molar-refractivity contribution in [3.63, 3.8) is 0 Å². The van der Waals surface area contributed by atoms with Crippen molar-refractivity contribution in [2.24, 2.45) is 0 Å². The van der Waals surface area contributed by atoms with Crippen LogP contribution in [0.3, 0.4) is 0 Å². The number of aliphatic hydroxyl groups excluding tert-OH is 1. The molecule has 3 N–H and O–H groups in total. The smallest absolute Gasteiger partial charge is 0.326 e. The second kappa shape index (κ2) is 9.05. The third-order valence-corrected chi connectivity index (χ3v) is 3.61. The monoisotopic (exact) mass is 408 g/mol. The van der Waals surface area contributed by atoms with Crippen LogP contribution in [0, 0.1) is 0 Å². The fourth-order valence-corrected chi connectivity index (χ4v) is 2.34. The molecule has 0 unspecified atom stereocenters. The molecule has 2 aromatic carbocycles. The van der Waals surface area contributed by atoms with Crippen molar-refractivity contribution in [2.45, 2.75) is 6.61 Å². The average Bonchev–Trinajstić information content (AvgIpc) is 2.60. The summed E-state index contributed by atoms with van der Waals surface area (Å²) in [4.78, 5) is 23.7. The number of aliphatic hydroxyl groups is 1. The summed E-state index contributed by atoms with van der Waals surface area (Å²) in [5, 5.41) is 13.8. The predicted molar refractivity (Wildman–Crippen MR) is 95.7 cm³/mol. The van der Waals surface area contributed by atoms with Crippen LogP contribution >= 0.6 is 15.9 Å². The molecule has 2 rings (SSSR count). The van der Waals surface area contributed by atoms with Crippen molar-refractivity contribution >= 4 is 33.6 Å². The second-order valence-corrected chi connectivity index (χ2v) is 5.86. The lowest BCUT2D eigenvalue weighted by Crippen LogP contribution is -2.37. The highest BCUT2D eigenvalue weighted by Gasteiger charge is 2.12. The Balaban J connectivity index is 1.88. The van der Waals surface area contributed by atoms with Crippen molar-refractivity contribution < 1.29 is 24.2 Å². The number of nitrogens with one attached hydrogen (secondary N) is 2. The molecule has 3 amide bonds. The first-order valence-electron chi connectivity index (χ1n) is 7.29. The third kappa shape index (κ3) is 5.77. The number of urea groups is 1. The first kappa shape index (κ1) is 18.8. The maximum atomic E-state index is 11.9. The fraction of sp³-hybridized carbons (Fsp3) is 0.176. The number of amides is 3. The van der Waals surface area contributed by atoms with E-state index in [1.165, 1.54) is 7.11 Å². The Morgan fingerprint density at radius 3 is 2.68 bits per heavy atom. The lowest BCUT2D eigenvalue weighted by Gasteiger charge is -2.12. The largest absolute Gasteiger partial charge is 0.495 e. The Kier molecular flexibility index (Phi) is 6.79. The van der Waals surface area contributed by atoms with Crippen LogP contribution in [0.2, 0.25) is 0 Å². The highest BCUT2D eigenvalue weighted by Crippen LogP contribution is 2.25. The summed E-state index contributed by atoms with van der Waals surface area (Å²) in [5.41, 5.74) is 1.01. The molecule has 0 fully saturated rings. The quantitative estimate of drug-likeness (QED) is 0.682. The zero-order chi connectivity index (χ0) is 18.2. The summed E-state index contributed by atoms with van der Waals surface area (Å²) in [5.74, 6) is 0.286. The summed E-state index contributed by atoms with van der Waals surface area (Å²) in [6.07, 6.45) is 0. The number of carbonyl (C=O) groups is 2. The van der Waals surface area contributed by atoms with Gasteiger partial charge in [0, 0.05) is 4.47 Å². The first-order valence-corrected chi connectivity index (χ1v) is 8.08. The van der Waals surface area contributed by atoms with E-state index < -0.39 is 11.9 Å². The first-order chi connectivity index (χ1) is 12.0. The van der Waals surface area contributed by atoms with Gasteiger partial charge in [-0.15, -0.1) is 0 Å². The van der Waals surface area contributed by atoms with Gasteiger partial charge >= 0.3 is 6.03 Å². The van der Waals surface area contributed by atoms with Gasteiger partial charge in [-0.2, -0.15) is 0 Å². The van der Waals surface area contributed by atoms with Gasteiger partial charge in [0.1, 0.15) is 11.5 Å². The standard InChI is InChI=1S/C17H17BrN2O5/c1-24-15-7-11(9-21)5-6-14(15)19-17(23)20-16(22)10-25-13-4-2-3-12(18)8-13/h2-8,21H,9-10H2,1H3,(H2,19,20,22,23). The van der Waals surface area contributed by atoms with E-state index in [-0.39, 0.29) is 13.2 Å². The zero-order valence-corrected chi connectivity index (χ0v) is 15.0. The molecule has 0 aliphatic heterocycles. The van der Waals surface area contributed by atoms with E-state index in [0.717, 1.165) is 4.47 Å². The Labute approximate surface area is 153 Å². The summed E-state index contributed by atoms with van der Waals surface area (Å²) >= 11 is 3.30. The number of hydrogen-bond acceptors (Lipinski definition) is 5. The van der Waals surface area contributed by atoms with Crippen LogP contribution < -0.4 is 20.1 Å². The number of benzene rings is 2. The van der Waals surface area contributed by atoms with Crippen molar-refractivity contribution in [2.75, 3.05) is 19.0 Å². The molecular weight excluding hydrogens is 392 g/mol. The number of carbonyl (C=O) groups excluding carboxylic acids is 2. The Morgan fingerprint density at radius 1 is 1.20 bits per heavy atom. The average molecular weight is 409 g/mol. The number of ether oxygens (including phenoxy) is 2. The lowest BCUT2D eigenvalue weighted by atomic mass is 10.2. The summed E-state index contributed by atoms with van der Waals surface area (Å²) < 4.78 is 11.3. The predicted octanol–water partition coefficient (Wildman–Crippen LogP) is 2.68. The van der Waals surface area contributed by atoms with Crippen molar-refractivity contribution in [3.05, 3.63) is 52.5 Å². The molecule has 0 spiro atoms. The van der Waals surface area contributed by atoms with Gasteiger partial charge in [-0.3, -0.25) is 10.1 Å². The normalized spacial score (nSPS) is 10.0. The summed E-state index contributed by atoms with van der Waals surface area (Å²) in [6, 6.07) is 11.1. The van der Waals surface area contributed by atoms with Gasteiger partial charge < -0.3 is 19.9 Å². The Hall–Kier alpha value is -2.58. The second-order valence-electron chi connectivity index (χ2n) is 4.94. The highest BCUT2D eigenvalue weighted by atomic mass is 79.9. The molecule has 0 atom stereocenters. The molecule has 8 heteroatoms. The molecule has 132 valence electrons. The van der Waals surface area contributed by atoms with Gasteiger partial charge in [0.05, 0.1) is 19.4 Å². The van der Waals surface area contributed by atoms with E-state index in [0.29, 0.717) is 22.7 Å². The maximum absolute atomic E-state index is 11.9. The molecule has 7 nitrogen and oxygen atoms in total. The maximum Gasteiger partial charge on any atom is 0.326 e. The van der Waals surface area contributed by atoms with E-state index in [1.54, 1.807) is 36.4 Å². The van der Waals surface area contributed by atoms with E-state index in [4.69, 9.17) is 14.6 Å². The van der Waals surface area contributed by atoms with Crippen molar-refractivity contribution in [3.8, 4) is 11.5 Å². The molecule has 0 aliphatic rings. The summed E-state index contributed by atoms with van der Waals surface area (Å²) in [7, 11) is 1.44. The van der Waals surface area contributed by atoms with Gasteiger partial charge in [-0.1, -0.05) is 28.1 Å². The zero-order valence-electron chi connectivity index (χ0n) is 13.4. The number of imide groups is 1. The topological polar surface area (TPSA) is 96.9 Å². The van der Waals surface area contributed by atoms with E-state index >= 15 is 0 Å². The van der Waals surface area contributed by atoms with Crippen LogP contribution in [0.1, 0.15) is 5.56 Å². The van der Waals surface area contributed by atoms with Crippen LogP contribution in [0.5, 0.6) is 11.5 Å². The molecule has 25 heavy (non-hydrogen) atoms. The number of hydrogen-bond donors (Lipinski definition) is 3. The Morgan fingerprint density at radius 2 is 2.00 bits per heavy atom. The summed E-state index contributed by atoms with van der Waals surface area (Å²) in [6.45, 7) is -0.446. The van der Waals surface area contributed by atoms with Crippen LogP contribution in [-0.4, -0.2) is 30.8 Å². The van der Waals surface area contributed by atoms with Crippen LogP contribution in [0.4, 0.5) is 10.5 Å². The van der Waals surface area contributed by atoms with E-state index in [1.807, 2.05) is 6.07 Å². The minimum absolute atomic E-state index is 0.145. The highest BCUT2D eigenvalue weighted by molar-refractivity contribution is 9.10. The molecule has 0 aromatic heterocycles. The lowest BCUT2D eigenvalue weighted by molar-refractivity contribution is -0.121. The van der Waals surface area contributed by atoms with Crippen LogP contribution in [0.25, 0.3) is 0 Å². The van der Waals surface area contributed by atoms with Crippen molar-refractivity contribution in [1.29, 1.82) is 0 Å². The molecule has 0 aliphatic carbocycles.